The third kappa shape index (κ3) is 3.24. The molecule has 0 amide bonds. The number of aromatic nitrogens is 1. The molecular formula is C26H19BrN2O4S. The van der Waals surface area contributed by atoms with Crippen molar-refractivity contribution in [2.45, 2.75) is 25.6 Å². The van der Waals surface area contributed by atoms with E-state index in [-0.39, 0.29) is 11.3 Å². The zero-order valence-electron chi connectivity index (χ0n) is 18.3. The second-order valence-corrected chi connectivity index (χ2v) is 10.5. The van der Waals surface area contributed by atoms with Gasteiger partial charge in [-0.1, -0.05) is 57.6 Å². The van der Waals surface area contributed by atoms with Crippen LogP contribution in [0.2, 0.25) is 0 Å². The standard InChI is InChI=1S/C26H19BrN2O4S/c1-14(30)22-23-18-5-3-4-6-20(18)33-26(22,2)28-25-29(23)24(31)21(34-25)13-17-11-12-19(32-17)15-7-9-16(27)10-8-15/h3-13,22-23H,1-2H3/b21-13+/t22-,23+,26+/m1/s1. The quantitative estimate of drug-likeness (QED) is 0.392. The molecule has 0 N–H and O–H groups in total. The zero-order valence-corrected chi connectivity index (χ0v) is 20.7. The van der Waals surface area contributed by atoms with Gasteiger partial charge in [0.05, 0.1) is 10.6 Å². The van der Waals surface area contributed by atoms with Crippen molar-refractivity contribution in [3.8, 4) is 17.1 Å². The Morgan fingerprint density at radius 3 is 2.68 bits per heavy atom. The number of benzene rings is 2. The summed E-state index contributed by atoms with van der Waals surface area (Å²) in [6.07, 6.45) is 1.73. The molecule has 0 aliphatic carbocycles. The summed E-state index contributed by atoms with van der Waals surface area (Å²) >= 11 is 4.72. The van der Waals surface area contributed by atoms with Crippen LogP contribution in [0.4, 0.5) is 0 Å². The number of hydrogen-bond donors (Lipinski definition) is 0. The Labute approximate surface area is 207 Å². The first-order chi connectivity index (χ1) is 16.3. The molecule has 2 aromatic heterocycles. The molecule has 6 nitrogen and oxygen atoms in total. The van der Waals surface area contributed by atoms with Crippen LogP contribution in [0, 0.1) is 5.92 Å². The molecular weight excluding hydrogens is 516 g/mol. The summed E-state index contributed by atoms with van der Waals surface area (Å²) in [5.74, 6) is 1.28. The van der Waals surface area contributed by atoms with Crippen LogP contribution in [-0.4, -0.2) is 16.1 Å². The molecule has 170 valence electrons. The highest BCUT2D eigenvalue weighted by Gasteiger charge is 2.53. The number of halogens is 1. The summed E-state index contributed by atoms with van der Waals surface area (Å²) in [6, 6.07) is 18.6. The normalized spacial score (nSPS) is 23.0. The summed E-state index contributed by atoms with van der Waals surface area (Å²) in [7, 11) is 0. The van der Waals surface area contributed by atoms with Gasteiger partial charge in [0.2, 0.25) is 5.72 Å². The van der Waals surface area contributed by atoms with Gasteiger partial charge in [-0.2, -0.15) is 0 Å². The van der Waals surface area contributed by atoms with E-state index in [1.54, 1.807) is 10.6 Å². The van der Waals surface area contributed by atoms with Gasteiger partial charge in [0.1, 0.15) is 29.0 Å². The maximum atomic E-state index is 13.6. The number of furan rings is 1. The number of para-hydroxylation sites is 1. The smallest absolute Gasteiger partial charge is 0.271 e. The number of fused-ring (bicyclic) bond motifs is 6. The number of Topliss-reactive ketones (excluding diaryl/α,β-unsaturated/α-hetero) is 1. The number of ether oxygens (including phenoxy) is 1. The number of hydrogen-bond acceptors (Lipinski definition) is 6. The van der Waals surface area contributed by atoms with Crippen LogP contribution in [0.15, 0.2) is 79.3 Å². The number of ketones is 1. The minimum absolute atomic E-state index is 0.0646. The average molecular weight is 535 g/mol. The van der Waals surface area contributed by atoms with E-state index in [0.717, 1.165) is 15.6 Å². The van der Waals surface area contributed by atoms with Gasteiger partial charge in [-0.15, -0.1) is 0 Å². The second kappa shape index (κ2) is 7.65. The van der Waals surface area contributed by atoms with E-state index in [2.05, 4.69) is 15.9 Å². The van der Waals surface area contributed by atoms with E-state index >= 15 is 0 Å². The molecule has 0 saturated carbocycles. The van der Waals surface area contributed by atoms with Gasteiger partial charge < -0.3 is 9.15 Å². The molecule has 0 spiro atoms. The predicted molar refractivity (Wildman–Crippen MR) is 133 cm³/mol. The SMILES string of the molecule is CC(=O)[C@@H]1[C@@H]2c3ccccc3O[C@]1(C)N=c1s/c(=C/c3ccc(-c4ccc(Br)cc4)o3)c(=O)n12. The van der Waals surface area contributed by atoms with Gasteiger partial charge >= 0.3 is 0 Å². The van der Waals surface area contributed by atoms with Gasteiger partial charge in [0.15, 0.2) is 4.80 Å². The zero-order chi connectivity index (χ0) is 23.6. The van der Waals surface area contributed by atoms with E-state index in [0.29, 0.717) is 26.6 Å². The Morgan fingerprint density at radius 2 is 1.91 bits per heavy atom. The topological polar surface area (TPSA) is 73.8 Å². The molecule has 2 aliphatic rings. The lowest BCUT2D eigenvalue weighted by atomic mass is 9.79. The average Bonchev–Trinajstić information content (AvgIpc) is 3.37. The van der Waals surface area contributed by atoms with E-state index in [1.165, 1.54) is 18.3 Å². The molecule has 3 atom stereocenters. The van der Waals surface area contributed by atoms with E-state index in [9.17, 15) is 9.59 Å². The molecule has 0 saturated heterocycles. The van der Waals surface area contributed by atoms with Crippen molar-refractivity contribution in [2.24, 2.45) is 10.9 Å². The molecule has 2 bridgehead atoms. The number of nitrogens with zero attached hydrogens (tertiary/aromatic N) is 2. The van der Waals surface area contributed by atoms with Crippen molar-refractivity contribution in [3.05, 3.63) is 96.1 Å². The maximum Gasteiger partial charge on any atom is 0.271 e. The van der Waals surface area contributed by atoms with Gasteiger partial charge in [0.25, 0.3) is 5.56 Å². The maximum absolute atomic E-state index is 13.6. The fraction of sp³-hybridized carbons (Fsp3) is 0.192. The van der Waals surface area contributed by atoms with Crippen molar-refractivity contribution in [2.75, 3.05) is 0 Å². The van der Waals surface area contributed by atoms with Crippen LogP contribution < -0.4 is 19.6 Å². The minimum atomic E-state index is -1.07. The van der Waals surface area contributed by atoms with Gasteiger partial charge in [-0.25, -0.2) is 4.99 Å². The van der Waals surface area contributed by atoms with Crippen LogP contribution in [-0.2, 0) is 4.79 Å². The first kappa shape index (κ1) is 21.3. The van der Waals surface area contributed by atoms with Crippen LogP contribution in [0.5, 0.6) is 5.75 Å². The van der Waals surface area contributed by atoms with E-state index in [4.69, 9.17) is 14.1 Å². The van der Waals surface area contributed by atoms with Crippen LogP contribution in [0.25, 0.3) is 17.4 Å². The Bertz CT molecular complexity index is 1630. The molecule has 4 heterocycles. The molecule has 2 aliphatic heterocycles. The lowest BCUT2D eigenvalue weighted by Crippen LogP contribution is -2.58. The first-order valence-corrected chi connectivity index (χ1v) is 12.4. The third-order valence-corrected chi connectivity index (χ3v) is 7.86. The summed E-state index contributed by atoms with van der Waals surface area (Å²) in [4.78, 5) is 31.6. The van der Waals surface area contributed by atoms with Crippen LogP contribution in [0.1, 0.15) is 31.2 Å². The first-order valence-electron chi connectivity index (χ1n) is 10.8. The Kier molecular flexibility index (Phi) is 4.79. The molecule has 6 rings (SSSR count). The van der Waals surface area contributed by atoms with Crippen LogP contribution in [0.3, 0.4) is 0 Å². The van der Waals surface area contributed by atoms with Crippen molar-refractivity contribution in [3.63, 3.8) is 0 Å². The molecule has 0 unspecified atom stereocenters. The van der Waals surface area contributed by atoms with Gasteiger partial charge in [-0.05, 0) is 44.2 Å². The number of rotatable bonds is 3. The second-order valence-electron chi connectivity index (χ2n) is 8.62. The van der Waals surface area contributed by atoms with E-state index < -0.39 is 17.7 Å². The summed E-state index contributed by atoms with van der Waals surface area (Å²) in [6.45, 7) is 3.35. The van der Waals surface area contributed by atoms with E-state index in [1.807, 2.05) is 67.6 Å². The van der Waals surface area contributed by atoms with Gasteiger partial charge in [0, 0.05) is 21.7 Å². The third-order valence-electron chi connectivity index (χ3n) is 6.35. The fourth-order valence-electron chi connectivity index (χ4n) is 4.89. The minimum Gasteiger partial charge on any atom is -0.465 e. The molecule has 34 heavy (non-hydrogen) atoms. The molecule has 8 heteroatoms. The predicted octanol–water partition coefficient (Wildman–Crippen LogP) is 4.30. The summed E-state index contributed by atoms with van der Waals surface area (Å²) in [5, 5.41) is 0. The highest BCUT2D eigenvalue weighted by atomic mass is 79.9. The Morgan fingerprint density at radius 1 is 1.15 bits per heavy atom. The fourth-order valence-corrected chi connectivity index (χ4v) is 6.23. The van der Waals surface area contributed by atoms with Crippen LogP contribution >= 0.6 is 27.3 Å². The van der Waals surface area contributed by atoms with Crippen molar-refractivity contribution in [1.82, 2.24) is 4.57 Å². The summed E-state index contributed by atoms with van der Waals surface area (Å²) in [5.41, 5.74) is 0.497. The molecule has 4 aromatic rings. The Balaban J connectivity index is 1.51. The van der Waals surface area contributed by atoms with Gasteiger partial charge in [-0.3, -0.25) is 14.2 Å². The summed E-state index contributed by atoms with van der Waals surface area (Å²) < 4.78 is 15.3. The van der Waals surface area contributed by atoms with Crippen molar-refractivity contribution >= 4 is 39.1 Å². The lowest BCUT2D eigenvalue weighted by molar-refractivity contribution is -0.132. The highest BCUT2D eigenvalue weighted by Crippen LogP contribution is 2.47. The molecule has 0 radical (unpaired) electrons. The number of carbonyl (C=O) groups excluding carboxylic acids is 1. The largest absolute Gasteiger partial charge is 0.465 e. The number of thiazole rings is 1. The number of carbonyl (C=O) groups is 1. The van der Waals surface area contributed by atoms with Crippen molar-refractivity contribution < 1.29 is 13.9 Å². The Hall–Kier alpha value is -3.23. The van der Waals surface area contributed by atoms with Crippen molar-refractivity contribution in [1.29, 1.82) is 0 Å². The lowest BCUT2D eigenvalue weighted by Gasteiger charge is -2.45. The monoisotopic (exact) mass is 534 g/mol. The molecule has 0 fully saturated rings. The highest BCUT2D eigenvalue weighted by molar-refractivity contribution is 9.10. The molecule has 2 aromatic carbocycles.